The van der Waals surface area contributed by atoms with E-state index in [0.717, 1.165) is 39.7 Å². The van der Waals surface area contributed by atoms with Crippen LogP contribution in [0.3, 0.4) is 0 Å². The zero-order chi connectivity index (χ0) is 22.9. The van der Waals surface area contributed by atoms with Crippen molar-refractivity contribution >= 4 is 27.7 Å². The molecule has 33 heavy (non-hydrogen) atoms. The highest BCUT2D eigenvalue weighted by Gasteiger charge is 2.36. The van der Waals surface area contributed by atoms with Crippen LogP contribution in [0, 0.1) is 6.92 Å². The molecule has 0 fully saturated rings. The second kappa shape index (κ2) is 9.02. The van der Waals surface area contributed by atoms with E-state index in [9.17, 15) is 4.79 Å². The summed E-state index contributed by atoms with van der Waals surface area (Å²) in [5.74, 6) is 2.05. The Morgan fingerprint density at radius 1 is 1.21 bits per heavy atom. The Labute approximate surface area is 200 Å². The third-order valence-electron chi connectivity index (χ3n) is 5.92. The van der Waals surface area contributed by atoms with Gasteiger partial charge < -0.3 is 14.8 Å². The molecule has 0 radical (unpaired) electrons. The molecule has 3 aromatic rings. The summed E-state index contributed by atoms with van der Waals surface area (Å²) < 4.78 is 14.7. The minimum Gasteiger partial charge on any atom is -0.490 e. The van der Waals surface area contributed by atoms with Crippen molar-refractivity contribution in [3.63, 3.8) is 0 Å². The third kappa shape index (κ3) is 4.15. The van der Waals surface area contributed by atoms with Gasteiger partial charge in [0.1, 0.15) is 19.0 Å². The number of carbonyl (C=O) groups excluding carboxylic acids is 1. The van der Waals surface area contributed by atoms with Gasteiger partial charge in [0.2, 0.25) is 5.95 Å². The number of ketones is 1. The molecule has 0 saturated heterocycles. The van der Waals surface area contributed by atoms with E-state index in [1.54, 1.807) is 4.68 Å². The number of rotatable bonds is 6. The molecule has 1 unspecified atom stereocenters. The quantitative estimate of drug-likeness (QED) is 0.483. The highest BCUT2D eigenvalue weighted by Crippen LogP contribution is 2.44. The molecule has 2 aliphatic rings. The second-order valence-corrected chi connectivity index (χ2v) is 9.12. The van der Waals surface area contributed by atoms with E-state index >= 15 is 0 Å². The monoisotopic (exact) mass is 508 g/mol. The number of hydrogen-bond acceptors (Lipinski definition) is 6. The lowest BCUT2D eigenvalue weighted by molar-refractivity contribution is -0.116. The number of halogens is 1. The number of nitrogens with one attached hydrogen (secondary N) is 1. The fourth-order valence-electron chi connectivity index (χ4n) is 4.51. The summed E-state index contributed by atoms with van der Waals surface area (Å²) in [4.78, 5) is 17.3. The van der Waals surface area contributed by atoms with Gasteiger partial charge in [-0.2, -0.15) is 10.1 Å². The summed E-state index contributed by atoms with van der Waals surface area (Å²) in [5.41, 5.74) is 4.85. The largest absolute Gasteiger partial charge is 0.490 e. The Morgan fingerprint density at radius 2 is 2.09 bits per heavy atom. The topological polar surface area (TPSA) is 78.3 Å². The molecule has 1 N–H and O–H groups in total. The summed E-state index contributed by atoms with van der Waals surface area (Å²) in [7, 11) is 0. The summed E-state index contributed by atoms with van der Waals surface area (Å²) in [6.07, 6.45) is 3.71. The van der Waals surface area contributed by atoms with Crippen molar-refractivity contribution in [1.29, 1.82) is 0 Å². The van der Waals surface area contributed by atoms with E-state index < -0.39 is 0 Å². The smallest absolute Gasteiger partial charge is 0.226 e. The molecular formula is C25H25BrN4O3. The van der Waals surface area contributed by atoms with E-state index in [1.165, 1.54) is 11.9 Å². The minimum atomic E-state index is -0.368. The zero-order valence-corrected chi connectivity index (χ0v) is 20.2. The fourth-order valence-corrected chi connectivity index (χ4v) is 5.08. The molecule has 0 amide bonds. The molecule has 1 atom stereocenters. The Morgan fingerprint density at radius 3 is 2.91 bits per heavy atom. The van der Waals surface area contributed by atoms with Gasteiger partial charge in [0, 0.05) is 17.7 Å². The number of aromatic nitrogens is 3. The SMILES string of the molecule is CCOc1cc(C2C3=C(CCCC3=O)Nc3ncnn32)cc(Br)c1OCc1cccc(C)c1. The summed E-state index contributed by atoms with van der Waals surface area (Å²) >= 11 is 3.69. The number of carbonyl (C=O) groups is 1. The number of ether oxygens (including phenoxy) is 2. The van der Waals surface area contributed by atoms with Crippen molar-refractivity contribution in [2.45, 2.75) is 45.8 Å². The Bertz CT molecular complexity index is 1250. The highest BCUT2D eigenvalue weighted by molar-refractivity contribution is 9.10. The fraction of sp³-hybridized carbons (Fsp3) is 0.320. The number of nitrogens with zero attached hydrogens (tertiary/aromatic N) is 3. The Kier molecular flexibility index (Phi) is 5.93. The van der Waals surface area contributed by atoms with Crippen LogP contribution in [0.25, 0.3) is 0 Å². The lowest BCUT2D eigenvalue weighted by atomic mass is 9.85. The van der Waals surface area contributed by atoms with Crippen molar-refractivity contribution in [2.75, 3.05) is 11.9 Å². The van der Waals surface area contributed by atoms with Crippen molar-refractivity contribution in [3.8, 4) is 11.5 Å². The van der Waals surface area contributed by atoms with Gasteiger partial charge in [-0.15, -0.1) is 0 Å². The second-order valence-electron chi connectivity index (χ2n) is 8.27. The van der Waals surface area contributed by atoms with Gasteiger partial charge in [-0.05, 0) is 65.9 Å². The highest BCUT2D eigenvalue weighted by atomic mass is 79.9. The van der Waals surface area contributed by atoms with Crippen LogP contribution in [0.5, 0.6) is 11.5 Å². The molecule has 5 rings (SSSR count). The van der Waals surface area contributed by atoms with Gasteiger partial charge in [0.15, 0.2) is 17.3 Å². The average molecular weight is 509 g/mol. The predicted molar refractivity (Wildman–Crippen MR) is 128 cm³/mol. The molecule has 170 valence electrons. The summed E-state index contributed by atoms with van der Waals surface area (Å²) in [6.45, 7) is 4.92. The first-order valence-corrected chi connectivity index (χ1v) is 11.9. The van der Waals surface area contributed by atoms with E-state index in [2.05, 4.69) is 50.4 Å². The van der Waals surface area contributed by atoms with Crippen LogP contribution in [-0.2, 0) is 11.4 Å². The number of fused-ring (bicyclic) bond motifs is 1. The Balaban J connectivity index is 1.55. The maximum Gasteiger partial charge on any atom is 0.226 e. The number of allylic oxidation sites excluding steroid dienone is 2. The molecule has 8 heteroatoms. The van der Waals surface area contributed by atoms with Crippen molar-refractivity contribution in [3.05, 3.63) is 75.2 Å². The maximum absolute atomic E-state index is 13.0. The first-order chi connectivity index (χ1) is 16.0. The molecule has 2 aromatic carbocycles. The van der Waals surface area contributed by atoms with Gasteiger partial charge in [-0.1, -0.05) is 29.8 Å². The van der Waals surface area contributed by atoms with E-state index in [0.29, 0.717) is 37.1 Å². The number of hydrogen-bond donors (Lipinski definition) is 1. The lowest BCUT2D eigenvalue weighted by Crippen LogP contribution is -2.31. The first kappa shape index (κ1) is 21.7. The standard InChI is InChI=1S/C25H25BrN4O3/c1-3-32-21-12-17(11-18(26)24(21)33-13-16-7-4-6-15(2)10-16)23-22-19(8-5-9-20(22)31)29-25-27-14-28-30(23)25/h4,6-7,10-12,14,23H,3,5,8-9,13H2,1-2H3,(H,27,28,29). The van der Waals surface area contributed by atoms with E-state index in [-0.39, 0.29) is 11.8 Å². The van der Waals surface area contributed by atoms with Crippen LogP contribution in [0.15, 0.2) is 58.5 Å². The predicted octanol–water partition coefficient (Wildman–Crippen LogP) is 5.35. The molecular weight excluding hydrogens is 484 g/mol. The van der Waals surface area contributed by atoms with Gasteiger partial charge >= 0.3 is 0 Å². The van der Waals surface area contributed by atoms with E-state index in [4.69, 9.17) is 9.47 Å². The minimum absolute atomic E-state index is 0.142. The van der Waals surface area contributed by atoms with Crippen molar-refractivity contribution in [2.24, 2.45) is 0 Å². The number of anilines is 1. The molecule has 1 aromatic heterocycles. The molecule has 0 bridgehead atoms. The zero-order valence-electron chi connectivity index (χ0n) is 18.6. The molecule has 0 spiro atoms. The third-order valence-corrected chi connectivity index (χ3v) is 6.51. The van der Waals surface area contributed by atoms with Crippen LogP contribution in [0.4, 0.5) is 5.95 Å². The van der Waals surface area contributed by atoms with Gasteiger partial charge in [0.05, 0.1) is 11.1 Å². The number of aryl methyl sites for hydroxylation is 1. The summed E-state index contributed by atoms with van der Waals surface area (Å²) in [6, 6.07) is 11.8. The van der Waals surface area contributed by atoms with Crippen LogP contribution < -0.4 is 14.8 Å². The van der Waals surface area contributed by atoms with Gasteiger partial charge in [0.25, 0.3) is 0 Å². The number of benzene rings is 2. The van der Waals surface area contributed by atoms with Crippen LogP contribution in [-0.4, -0.2) is 27.2 Å². The Hall–Kier alpha value is -3.13. The molecule has 2 heterocycles. The van der Waals surface area contributed by atoms with Crippen molar-refractivity contribution in [1.82, 2.24) is 14.8 Å². The van der Waals surface area contributed by atoms with Crippen LogP contribution >= 0.6 is 15.9 Å². The average Bonchev–Trinajstić information content (AvgIpc) is 3.25. The molecule has 7 nitrogen and oxygen atoms in total. The number of Topliss-reactive ketones (excluding diaryl/α,β-unsaturated/α-hetero) is 1. The molecule has 1 aliphatic carbocycles. The molecule has 1 aliphatic heterocycles. The van der Waals surface area contributed by atoms with Crippen LogP contribution in [0.1, 0.15) is 48.9 Å². The lowest BCUT2D eigenvalue weighted by Gasteiger charge is -2.32. The normalized spacial score (nSPS) is 17.3. The molecule has 0 saturated carbocycles. The van der Waals surface area contributed by atoms with Crippen LogP contribution in [0.2, 0.25) is 0 Å². The maximum atomic E-state index is 13.0. The van der Waals surface area contributed by atoms with Gasteiger partial charge in [-0.3, -0.25) is 4.79 Å². The van der Waals surface area contributed by atoms with Crippen molar-refractivity contribution < 1.29 is 14.3 Å². The van der Waals surface area contributed by atoms with E-state index in [1.807, 2.05) is 31.2 Å². The summed E-state index contributed by atoms with van der Waals surface area (Å²) in [5, 5.41) is 7.72. The van der Waals surface area contributed by atoms with Gasteiger partial charge in [-0.25, -0.2) is 4.68 Å². The first-order valence-electron chi connectivity index (χ1n) is 11.1.